The van der Waals surface area contributed by atoms with Gasteiger partial charge in [-0.2, -0.15) is 5.26 Å². The molecule has 1 aromatic rings. The van der Waals surface area contributed by atoms with Crippen molar-refractivity contribution >= 4 is 23.2 Å². The van der Waals surface area contributed by atoms with Gasteiger partial charge in [-0.25, -0.2) is 0 Å². The van der Waals surface area contributed by atoms with Gasteiger partial charge in [-0.3, -0.25) is 4.90 Å². The highest BCUT2D eigenvalue weighted by Gasteiger charge is 2.29. The molecule has 0 bridgehead atoms. The van der Waals surface area contributed by atoms with Crippen LogP contribution in [0.3, 0.4) is 0 Å². The van der Waals surface area contributed by atoms with Crippen LogP contribution < -0.4 is 0 Å². The summed E-state index contributed by atoms with van der Waals surface area (Å²) in [5, 5.41) is 10.1. The van der Waals surface area contributed by atoms with Gasteiger partial charge in [-0.15, -0.1) is 0 Å². The quantitative estimate of drug-likeness (QED) is 0.811. The molecule has 0 amide bonds. The maximum absolute atomic E-state index is 8.66. The second-order valence-corrected chi connectivity index (χ2v) is 5.12. The van der Waals surface area contributed by atoms with E-state index in [0.29, 0.717) is 22.5 Å². The van der Waals surface area contributed by atoms with Crippen LogP contribution in [-0.4, -0.2) is 17.5 Å². The van der Waals surface area contributed by atoms with Gasteiger partial charge in [0, 0.05) is 41.2 Å². The number of nitrogens with zero attached hydrogens (tertiary/aromatic N) is 2. The molecular weight excluding hydrogens is 255 g/mol. The number of hydrogen-bond acceptors (Lipinski definition) is 2. The molecule has 4 heteroatoms. The van der Waals surface area contributed by atoms with Crippen molar-refractivity contribution in [3.63, 3.8) is 0 Å². The van der Waals surface area contributed by atoms with Crippen LogP contribution in [0.25, 0.3) is 0 Å². The van der Waals surface area contributed by atoms with E-state index in [1.807, 2.05) is 18.2 Å². The molecule has 90 valence electrons. The molecule has 2 nitrogen and oxygen atoms in total. The third kappa shape index (κ3) is 3.35. The van der Waals surface area contributed by atoms with E-state index in [2.05, 4.69) is 11.0 Å². The van der Waals surface area contributed by atoms with Gasteiger partial charge < -0.3 is 0 Å². The molecule has 1 aliphatic carbocycles. The standard InChI is InChI=1S/C13H14Cl2N2/c14-12-3-1-4-13(15)11(12)9-17(8-2-7-16)10-5-6-10/h1,3-4,10H,2,5-6,8-9H2. The molecule has 1 saturated carbocycles. The molecule has 2 rings (SSSR count). The fourth-order valence-corrected chi connectivity index (χ4v) is 2.43. The van der Waals surface area contributed by atoms with Crippen molar-refractivity contribution in [3.8, 4) is 6.07 Å². The Hall–Kier alpha value is -0.750. The molecule has 0 N–H and O–H groups in total. The Labute approximate surface area is 112 Å². The van der Waals surface area contributed by atoms with Crippen LogP contribution in [-0.2, 0) is 6.54 Å². The Kier molecular flexibility index (Phi) is 4.28. The zero-order chi connectivity index (χ0) is 12.3. The van der Waals surface area contributed by atoms with Crippen molar-refractivity contribution in [2.75, 3.05) is 6.54 Å². The highest BCUT2D eigenvalue weighted by atomic mass is 35.5. The van der Waals surface area contributed by atoms with E-state index in [0.717, 1.165) is 18.7 Å². The molecule has 0 radical (unpaired) electrons. The van der Waals surface area contributed by atoms with Gasteiger partial charge in [0.05, 0.1) is 6.07 Å². The fraction of sp³-hybridized carbons (Fsp3) is 0.462. The van der Waals surface area contributed by atoms with Gasteiger partial charge in [0.2, 0.25) is 0 Å². The van der Waals surface area contributed by atoms with Crippen molar-refractivity contribution < 1.29 is 0 Å². The number of hydrogen-bond donors (Lipinski definition) is 0. The van der Waals surface area contributed by atoms with Crippen LogP contribution in [0.2, 0.25) is 10.0 Å². The second kappa shape index (κ2) is 5.73. The highest BCUT2D eigenvalue weighted by Crippen LogP contribution is 2.32. The van der Waals surface area contributed by atoms with Crippen LogP contribution in [0.1, 0.15) is 24.8 Å². The molecule has 0 spiro atoms. The fourth-order valence-electron chi connectivity index (χ4n) is 1.91. The zero-order valence-electron chi connectivity index (χ0n) is 9.50. The van der Waals surface area contributed by atoms with Crippen LogP contribution in [0.15, 0.2) is 18.2 Å². The largest absolute Gasteiger partial charge is 0.295 e. The Morgan fingerprint density at radius 2 is 1.94 bits per heavy atom. The molecule has 0 heterocycles. The summed E-state index contributed by atoms with van der Waals surface area (Å²) in [6.07, 6.45) is 2.99. The number of halogens is 2. The minimum atomic E-state index is 0.554. The average Bonchev–Trinajstić information content (AvgIpc) is 3.12. The summed E-state index contributed by atoms with van der Waals surface area (Å²) in [5.41, 5.74) is 0.973. The monoisotopic (exact) mass is 268 g/mol. The molecule has 1 aliphatic rings. The summed E-state index contributed by atoms with van der Waals surface area (Å²) in [6.45, 7) is 1.54. The average molecular weight is 269 g/mol. The van der Waals surface area contributed by atoms with Gasteiger partial charge >= 0.3 is 0 Å². The third-order valence-corrected chi connectivity index (χ3v) is 3.71. The first-order valence-electron chi connectivity index (χ1n) is 5.76. The Bertz CT molecular complexity index is 415. The first kappa shape index (κ1) is 12.7. The van der Waals surface area contributed by atoms with Crippen LogP contribution >= 0.6 is 23.2 Å². The summed E-state index contributed by atoms with van der Waals surface area (Å²) in [6, 6.07) is 8.37. The molecule has 0 aliphatic heterocycles. The number of nitriles is 1. The lowest BCUT2D eigenvalue weighted by atomic mass is 10.2. The SMILES string of the molecule is N#CCCN(Cc1c(Cl)cccc1Cl)C1CC1. The zero-order valence-corrected chi connectivity index (χ0v) is 11.0. The van der Waals surface area contributed by atoms with E-state index >= 15 is 0 Å². The summed E-state index contributed by atoms with van der Waals surface area (Å²) in [7, 11) is 0. The lowest BCUT2D eigenvalue weighted by molar-refractivity contribution is 0.261. The van der Waals surface area contributed by atoms with Gasteiger partial charge in [0.15, 0.2) is 0 Å². The van der Waals surface area contributed by atoms with Crippen molar-refractivity contribution in [1.82, 2.24) is 4.90 Å². The van der Waals surface area contributed by atoms with Gasteiger partial charge in [0.25, 0.3) is 0 Å². The van der Waals surface area contributed by atoms with Gasteiger partial charge in [0.1, 0.15) is 0 Å². The van der Waals surface area contributed by atoms with E-state index in [1.165, 1.54) is 12.8 Å². The maximum Gasteiger partial charge on any atom is 0.0635 e. The van der Waals surface area contributed by atoms with E-state index in [9.17, 15) is 0 Å². The third-order valence-electron chi connectivity index (χ3n) is 3.00. The Morgan fingerprint density at radius 3 is 2.47 bits per heavy atom. The molecule has 0 atom stereocenters. The van der Waals surface area contributed by atoms with Crippen LogP contribution in [0, 0.1) is 11.3 Å². The minimum Gasteiger partial charge on any atom is -0.295 e. The second-order valence-electron chi connectivity index (χ2n) is 4.31. The predicted molar refractivity (Wildman–Crippen MR) is 70.1 cm³/mol. The summed E-state index contributed by atoms with van der Waals surface area (Å²) in [4.78, 5) is 2.30. The van der Waals surface area contributed by atoms with Crippen LogP contribution in [0.5, 0.6) is 0 Å². The van der Waals surface area contributed by atoms with Crippen molar-refractivity contribution in [3.05, 3.63) is 33.8 Å². The van der Waals surface area contributed by atoms with Gasteiger partial charge in [-0.1, -0.05) is 29.3 Å². The highest BCUT2D eigenvalue weighted by molar-refractivity contribution is 6.35. The van der Waals surface area contributed by atoms with Crippen molar-refractivity contribution in [2.45, 2.75) is 31.8 Å². The molecule has 0 aromatic heterocycles. The lowest BCUT2D eigenvalue weighted by Crippen LogP contribution is -2.26. The summed E-state index contributed by atoms with van der Waals surface area (Å²) >= 11 is 12.3. The first-order valence-corrected chi connectivity index (χ1v) is 6.52. The predicted octanol–water partition coefficient (Wildman–Crippen LogP) is 3.87. The molecular formula is C13H14Cl2N2. The molecule has 0 saturated heterocycles. The number of benzene rings is 1. The minimum absolute atomic E-state index is 0.554. The topological polar surface area (TPSA) is 27.0 Å². The lowest BCUT2D eigenvalue weighted by Gasteiger charge is -2.21. The van der Waals surface area contributed by atoms with E-state index < -0.39 is 0 Å². The first-order chi connectivity index (χ1) is 8.22. The Balaban J connectivity index is 2.09. The van der Waals surface area contributed by atoms with E-state index in [-0.39, 0.29) is 0 Å². The molecule has 1 aromatic carbocycles. The van der Waals surface area contributed by atoms with E-state index in [1.54, 1.807) is 0 Å². The summed E-state index contributed by atoms with van der Waals surface area (Å²) < 4.78 is 0. The van der Waals surface area contributed by atoms with Crippen LogP contribution in [0.4, 0.5) is 0 Å². The normalized spacial score (nSPS) is 14.9. The maximum atomic E-state index is 8.66. The Morgan fingerprint density at radius 1 is 1.29 bits per heavy atom. The van der Waals surface area contributed by atoms with Crippen molar-refractivity contribution in [2.24, 2.45) is 0 Å². The van der Waals surface area contributed by atoms with E-state index in [4.69, 9.17) is 28.5 Å². The molecule has 1 fully saturated rings. The summed E-state index contributed by atoms with van der Waals surface area (Å²) in [5.74, 6) is 0. The van der Waals surface area contributed by atoms with Crippen molar-refractivity contribution in [1.29, 1.82) is 5.26 Å². The number of rotatable bonds is 5. The smallest absolute Gasteiger partial charge is 0.0635 e. The molecule has 17 heavy (non-hydrogen) atoms. The van der Waals surface area contributed by atoms with Gasteiger partial charge in [-0.05, 0) is 25.0 Å². The molecule has 0 unspecified atom stereocenters.